The third-order valence-corrected chi connectivity index (χ3v) is 2.51. The summed E-state index contributed by atoms with van der Waals surface area (Å²) >= 11 is 0. The van der Waals surface area contributed by atoms with Crippen LogP contribution in [-0.2, 0) is 6.54 Å². The third-order valence-electron chi connectivity index (χ3n) is 2.51. The van der Waals surface area contributed by atoms with Crippen molar-refractivity contribution in [3.8, 4) is 11.4 Å². The monoisotopic (exact) mass is 235 g/mol. The minimum absolute atomic E-state index is 0.104. The number of benzene rings is 1. The number of nitrogens with two attached hydrogens (primary N) is 1. The molecule has 1 aromatic heterocycles. The second-order valence-electron chi connectivity index (χ2n) is 3.82. The summed E-state index contributed by atoms with van der Waals surface area (Å²) in [7, 11) is 0. The molecule has 0 bridgehead atoms. The van der Waals surface area contributed by atoms with Crippen molar-refractivity contribution in [2.45, 2.75) is 26.3 Å². The number of nitrogen functional groups attached to an aromatic ring is 1. The molecule has 0 amide bonds. The Labute approximate surface area is 98.4 Å². The molecule has 0 aliphatic heterocycles. The van der Waals surface area contributed by atoms with Gasteiger partial charge in [0, 0.05) is 12.1 Å². The third kappa shape index (κ3) is 2.41. The molecular formula is C11H14FN5. The summed E-state index contributed by atoms with van der Waals surface area (Å²) in [6, 6.07) is 4.49. The van der Waals surface area contributed by atoms with Crippen LogP contribution in [0.5, 0.6) is 0 Å². The zero-order valence-corrected chi connectivity index (χ0v) is 9.60. The Bertz CT molecular complexity index is 508. The molecule has 90 valence electrons. The van der Waals surface area contributed by atoms with Gasteiger partial charge in [0.25, 0.3) is 0 Å². The number of tetrazole rings is 1. The van der Waals surface area contributed by atoms with Crippen molar-refractivity contribution in [1.82, 2.24) is 20.2 Å². The first-order valence-electron chi connectivity index (χ1n) is 5.54. The van der Waals surface area contributed by atoms with Crippen LogP contribution in [0, 0.1) is 5.82 Å². The fourth-order valence-corrected chi connectivity index (χ4v) is 1.55. The predicted molar refractivity (Wildman–Crippen MR) is 62.5 cm³/mol. The van der Waals surface area contributed by atoms with Crippen molar-refractivity contribution >= 4 is 5.69 Å². The van der Waals surface area contributed by atoms with E-state index < -0.39 is 5.82 Å². The van der Waals surface area contributed by atoms with E-state index in [2.05, 4.69) is 22.4 Å². The molecule has 6 heteroatoms. The fraction of sp³-hybridized carbons (Fsp3) is 0.364. The summed E-state index contributed by atoms with van der Waals surface area (Å²) in [6.45, 7) is 2.84. The molecule has 0 atom stereocenters. The number of anilines is 1. The van der Waals surface area contributed by atoms with E-state index in [0.29, 0.717) is 5.82 Å². The maximum atomic E-state index is 13.1. The Kier molecular flexibility index (Phi) is 3.32. The number of hydrogen-bond donors (Lipinski definition) is 1. The molecule has 1 aromatic carbocycles. The molecule has 5 nitrogen and oxygen atoms in total. The fourth-order valence-electron chi connectivity index (χ4n) is 1.55. The van der Waals surface area contributed by atoms with Gasteiger partial charge in [0.1, 0.15) is 5.82 Å². The van der Waals surface area contributed by atoms with E-state index in [1.807, 2.05) is 0 Å². The molecule has 0 aliphatic carbocycles. The van der Waals surface area contributed by atoms with Crippen molar-refractivity contribution in [3.05, 3.63) is 24.0 Å². The minimum Gasteiger partial charge on any atom is -0.396 e. The smallest absolute Gasteiger partial charge is 0.182 e. The average Bonchev–Trinajstić information content (AvgIpc) is 2.78. The molecule has 0 radical (unpaired) electrons. The Balaban J connectivity index is 2.32. The highest BCUT2D eigenvalue weighted by Gasteiger charge is 2.10. The number of halogens is 1. The highest BCUT2D eigenvalue weighted by Crippen LogP contribution is 2.21. The van der Waals surface area contributed by atoms with Gasteiger partial charge in [-0.3, -0.25) is 0 Å². The van der Waals surface area contributed by atoms with Crippen molar-refractivity contribution in [2.75, 3.05) is 5.73 Å². The van der Waals surface area contributed by atoms with Crippen LogP contribution in [0.15, 0.2) is 18.2 Å². The summed E-state index contributed by atoms with van der Waals surface area (Å²) in [5.74, 6) is 0.187. The molecule has 0 saturated carbocycles. The van der Waals surface area contributed by atoms with E-state index in [9.17, 15) is 4.39 Å². The van der Waals surface area contributed by atoms with Crippen LogP contribution < -0.4 is 5.73 Å². The van der Waals surface area contributed by atoms with E-state index >= 15 is 0 Å². The molecule has 2 N–H and O–H groups in total. The topological polar surface area (TPSA) is 69.6 Å². The van der Waals surface area contributed by atoms with Crippen molar-refractivity contribution in [2.24, 2.45) is 0 Å². The average molecular weight is 235 g/mol. The van der Waals surface area contributed by atoms with Gasteiger partial charge in [-0.05, 0) is 35.0 Å². The van der Waals surface area contributed by atoms with Gasteiger partial charge in [0.15, 0.2) is 5.82 Å². The van der Waals surface area contributed by atoms with Crippen molar-refractivity contribution in [3.63, 3.8) is 0 Å². The molecule has 2 aromatic rings. The van der Waals surface area contributed by atoms with E-state index in [1.54, 1.807) is 16.8 Å². The lowest BCUT2D eigenvalue weighted by Gasteiger charge is -2.04. The molecular weight excluding hydrogens is 221 g/mol. The number of nitrogens with zero attached hydrogens (tertiary/aromatic N) is 4. The molecule has 2 rings (SSSR count). The summed E-state index contributed by atoms with van der Waals surface area (Å²) in [4.78, 5) is 0. The Hall–Kier alpha value is -1.98. The van der Waals surface area contributed by atoms with Gasteiger partial charge in [0.2, 0.25) is 0 Å². The van der Waals surface area contributed by atoms with Gasteiger partial charge in [-0.1, -0.05) is 13.3 Å². The highest BCUT2D eigenvalue weighted by molar-refractivity contribution is 5.61. The van der Waals surface area contributed by atoms with Crippen LogP contribution >= 0.6 is 0 Å². The van der Waals surface area contributed by atoms with Crippen LogP contribution in [0.4, 0.5) is 10.1 Å². The summed E-state index contributed by atoms with van der Waals surface area (Å²) in [6.07, 6.45) is 2.06. The van der Waals surface area contributed by atoms with Gasteiger partial charge < -0.3 is 5.73 Å². The van der Waals surface area contributed by atoms with Gasteiger partial charge >= 0.3 is 0 Å². The molecule has 0 saturated heterocycles. The number of aryl methyl sites for hydroxylation is 1. The standard InChI is InChI=1S/C11H14FN5/c1-2-3-6-17-11(14-15-16-17)8-4-5-9(12)10(13)7-8/h4-5,7H,2-3,6,13H2,1H3. The second kappa shape index (κ2) is 4.90. The predicted octanol–water partition coefficient (Wildman–Crippen LogP) is 1.86. The Morgan fingerprint density at radius 3 is 2.94 bits per heavy atom. The lowest BCUT2D eigenvalue weighted by atomic mass is 10.2. The summed E-state index contributed by atoms with van der Waals surface area (Å²) in [5.41, 5.74) is 6.36. The van der Waals surface area contributed by atoms with Crippen molar-refractivity contribution in [1.29, 1.82) is 0 Å². The molecule has 0 spiro atoms. The molecule has 1 heterocycles. The van der Waals surface area contributed by atoms with E-state index in [-0.39, 0.29) is 5.69 Å². The first-order valence-corrected chi connectivity index (χ1v) is 5.54. The zero-order valence-electron chi connectivity index (χ0n) is 9.60. The van der Waals surface area contributed by atoms with Gasteiger partial charge in [0.05, 0.1) is 5.69 Å². The maximum Gasteiger partial charge on any atom is 0.182 e. The van der Waals surface area contributed by atoms with Crippen LogP contribution in [0.3, 0.4) is 0 Å². The number of hydrogen-bond acceptors (Lipinski definition) is 4. The lowest BCUT2D eigenvalue weighted by molar-refractivity contribution is 0.557. The normalized spacial score (nSPS) is 10.7. The van der Waals surface area contributed by atoms with Crippen molar-refractivity contribution < 1.29 is 4.39 Å². The Morgan fingerprint density at radius 1 is 1.41 bits per heavy atom. The lowest BCUT2D eigenvalue weighted by Crippen LogP contribution is -2.03. The van der Waals surface area contributed by atoms with Crippen LogP contribution in [0.25, 0.3) is 11.4 Å². The quantitative estimate of drug-likeness (QED) is 0.821. The molecule has 17 heavy (non-hydrogen) atoms. The van der Waals surface area contributed by atoms with E-state index in [4.69, 9.17) is 5.73 Å². The first kappa shape index (κ1) is 11.5. The zero-order chi connectivity index (χ0) is 12.3. The van der Waals surface area contributed by atoms with E-state index in [0.717, 1.165) is 24.9 Å². The summed E-state index contributed by atoms with van der Waals surface area (Å²) < 4.78 is 14.8. The number of aromatic nitrogens is 4. The first-order chi connectivity index (χ1) is 8.22. The highest BCUT2D eigenvalue weighted by atomic mass is 19.1. The molecule has 0 fully saturated rings. The SMILES string of the molecule is CCCCn1nnnc1-c1ccc(F)c(N)c1. The van der Waals surface area contributed by atoms with Gasteiger partial charge in [-0.25, -0.2) is 9.07 Å². The molecule has 0 aliphatic rings. The maximum absolute atomic E-state index is 13.1. The second-order valence-corrected chi connectivity index (χ2v) is 3.82. The number of rotatable bonds is 4. The Morgan fingerprint density at radius 2 is 2.24 bits per heavy atom. The minimum atomic E-state index is -0.429. The van der Waals surface area contributed by atoms with Gasteiger partial charge in [-0.2, -0.15) is 0 Å². The van der Waals surface area contributed by atoms with E-state index in [1.165, 1.54) is 6.07 Å². The van der Waals surface area contributed by atoms with Crippen LogP contribution in [0.2, 0.25) is 0 Å². The summed E-state index contributed by atoms with van der Waals surface area (Å²) in [5, 5.41) is 11.5. The largest absolute Gasteiger partial charge is 0.396 e. The van der Waals surface area contributed by atoms with Gasteiger partial charge in [-0.15, -0.1) is 5.10 Å². The van der Waals surface area contributed by atoms with Crippen LogP contribution in [-0.4, -0.2) is 20.2 Å². The van der Waals surface area contributed by atoms with Crippen LogP contribution in [0.1, 0.15) is 19.8 Å². The number of unbranched alkanes of at least 4 members (excludes halogenated alkanes) is 1. The molecule has 0 unspecified atom stereocenters.